The molecule has 0 aliphatic carbocycles. The summed E-state index contributed by atoms with van der Waals surface area (Å²) in [6, 6.07) is 9.79. The summed E-state index contributed by atoms with van der Waals surface area (Å²) in [5.74, 6) is 0.367. The van der Waals surface area contributed by atoms with E-state index in [2.05, 4.69) is 20.3 Å². The van der Waals surface area contributed by atoms with Gasteiger partial charge >= 0.3 is 12.0 Å². The molecule has 0 fully saturated rings. The molecule has 0 radical (unpaired) electrons. The number of rotatable bonds is 3. The van der Waals surface area contributed by atoms with E-state index in [-0.39, 0.29) is 0 Å². The molecule has 0 amide bonds. The highest BCUT2D eigenvalue weighted by Crippen LogP contribution is 2.00. The van der Waals surface area contributed by atoms with E-state index in [0.717, 1.165) is 5.56 Å². The molecule has 0 spiro atoms. The number of aromatic nitrogens is 3. The maximum Gasteiger partial charge on any atom is 0.425 e. The van der Waals surface area contributed by atoms with Crippen molar-refractivity contribution in [3.8, 4) is 0 Å². The molecule has 2 N–H and O–H groups in total. The van der Waals surface area contributed by atoms with Crippen LogP contribution in [0.25, 0.3) is 0 Å². The minimum atomic E-state index is -0.746. The third-order valence-electron chi connectivity index (χ3n) is 1.88. The number of anilines is 1. The van der Waals surface area contributed by atoms with Crippen LogP contribution in [0.4, 0.5) is 10.3 Å². The molecular weight excluding hydrogens is 195 g/mol. The van der Waals surface area contributed by atoms with E-state index < -0.39 is 6.08 Å². The maximum absolute atomic E-state index is 12.6. The summed E-state index contributed by atoms with van der Waals surface area (Å²) in [5, 5.41) is 2.96. The summed E-state index contributed by atoms with van der Waals surface area (Å²) in [5.41, 5.74) is 1.10. The van der Waals surface area contributed by atoms with Gasteiger partial charge in [0.1, 0.15) is 0 Å². The third-order valence-corrected chi connectivity index (χ3v) is 1.88. The zero-order valence-electron chi connectivity index (χ0n) is 7.94. The van der Waals surface area contributed by atoms with Gasteiger partial charge in [-0.2, -0.15) is 0 Å². The number of hydrogen-bond acceptors (Lipinski definition) is 3. The Morgan fingerprint density at radius 1 is 1.27 bits per heavy atom. The average molecular weight is 205 g/mol. The first kappa shape index (κ1) is 9.51. The molecule has 2 aromatic rings. The van der Waals surface area contributed by atoms with Crippen molar-refractivity contribution in [2.24, 2.45) is 0 Å². The Kier molecular flexibility index (Phi) is 2.82. The van der Waals surface area contributed by atoms with Crippen LogP contribution < -0.4 is 10.3 Å². The molecule has 5 heteroatoms. The number of nitrogens with zero attached hydrogens (tertiary/aromatic N) is 2. The van der Waals surface area contributed by atoms with Crippen LogP contribution in [0.1, 0.15) is 5.56 Å². The lowest BCUT2D eigenvalue weighted by Gasteiger charge is -1.98. The van der Waals surface area contributed by atoms with Gasteiger partial charge in [0.25, 0.3) is 0 Å². The SMILES string of the molecule is Fc1nc[nH+]c(NCc2ccccc2)n1. The Balaban J connectivity index is 1.99. The van der Waals surface area contributed by atoms with Crippen molar-refractivity contribution in [3.63, 3.8) is 0 Å². The fourth-order valence-electron chi connectivity index (χ4n) is 1.17. The van der Waals surface area contributed by atoms with Crippen LogP contribution in [0, 0.1) is 6.08 Å². The second-order valence-electron chi connectivity index (χ2n) is 2.97. The molecule has 0 unspecified atom stereocenters. The van der Waals surface area contributed by atoms with Gasteiger partial charge in [-0.3, -0.25) is 5.32 Å². The Bertz CT molecular complexity index is 432. The zero-order chi connectivity index (χ0) is 10.5. The summed E-state index contributed by atoms with van der Waals surface area (Å²) < 4.78 is 12.6. The van der Waals surface area contributed by atoms with E-state index in [4.69, 9.17) is 0 Å². The molecule has 0 bridgehead atoms. The summed E-state index contributed by atoms with van der Waals surface area (Å²) in [6.45, 7) is 0.591. The quantitative estimate of drug-likeness (QED) is 0.814. The van der Waals surface area contributed by atoms with Crippen LogP contribution >= 0.6 is 0 Å². The Morgan fingerprint density at radius 2 is 2.07 bits per heavy atom. The van der Waals surface area contributed by atoms with Crippen LogP contribution in [0.15, 0.2) is 36.7 Å². The molecule has 2 rings (SSSR count). The van der Waals surface area contributed by atoms with Crippen molar-refractivity contribution in [1.29, 1.82) is 0 Å². The maximum atomic E-state index is 12.6. The molecule has 15 heavy (non-hydrogen) atoms. The van der Waals surface area contributed by atoms with E-state index >= 15 is 0 Å². The molecule has 1 aromatic heterocycles. The summed E-state index contributed by atoms with van der Waals surface area (Å²) in [6.07, 6.45) is 0.514. The lowest BCUT2D eigenvalue weighted by molar-refractivity contribution is -0.371. The van der Waals surface area contributed by atoms with E-state index in [1.54, 1.807) is 0 Å². The monoisotopic (exact) mass is 205 g/mol. The molecule has 1 aromatic carbocycles. The van der Waals surface area contributed by atoms with Crippen molar-refractivity contribution < 1.29 is 9.37 Å². The van der Waals surface area contributed by atoms with E-state index in [1.807, 2.05) is 30.3 Å². The van der Waals surface area contributed by atoms with Gasteiger partial charge in [-0.25, -0.2) is 4.98 Å². The van der Waals surface area contributed by atoms with Gasteiger partial charge in [-0.15, -0.1) is 4.39 Å². The number of benzene rings is 1. The number of aromatic amines is 1. The molecule has 4 nitrogen and oxygen atoms in total. The lowest BCUT2D eigenvalue weighted by atomic mass is 10.2. The van der Waals surface area contributed by atoms with Gasteiger partial charge in [0.15, 0.2) is 6.33 Å². The van der Waals surface area contributed by atoms with E-state index in [1.165, 1.54) is 6.33 Å². The van der Waals surface area contributed by atoms with Gasteiger partial charge in [-0.1, -0.05) is 35.3 Å². The first-order valence-electron chi connectivity index (χ1n) is 4.52. The predicted molar refractivity (Wildman–Crippen MR) is 52.3 cm³/mol. The molecule has 0 saturated heterocycles. The molecule has 0 atom stereocenters. The highest BCUT2D eigenvalue weighted by Gasteiger charge is 2.05. The zero-order valence-corrected chi connectivity index (χ0v) is 7.94. The summed E-state index contributed by atoms with van der Waals surface area (Å²) in [4.78, 5) is 9.57. The smallest absolute Gasteiger partial charge is 0.290 e. The Labute approximate surface area is 86.2 Å². The number of H-pyrrole nitrogens is 1. The number of halogens is 1. The fourth-order valence-corrected chi connectivity index (χ4v) is 1.17. The fraction of sp³-hybridized carbons (Fsp3) is 0.100. The molecule has 0 aliphatic heterocycles. The molecule has 0 saturated carbocycles. The van der Waals surface area contributed by atoms with Crippen molar-refractivity contribution in [1.82, 2.24) is 9.97 Å². The normalized spacial score (nSPS) is 9.93. The van der Waals surface area contributed by atoms with Crippen molar-refractivity contribution in [2.45, 2.75) is 6.54 Å². The summed E-state index contributed by atoms with van der Waals surface area (Å²) in [7, 11) is 0. The molecular formula is C10H10FN4+. The van der Waals surface area contributed by atoms with Crippen LogP contribution in [0.5, 0.6) is 0 Å². The van der Waals surface area contributed by atoms with Crippen molar-refractivity contribution >= 4 is 5.95 Å². The highest BCUT2D eigenvalue weighted by atomic mass is 19.1. The predicted octanol–water partition coefficient (Wildman–Crippen LogP) is 1.04. The second kappa shape index (κ2) is 4.45. The second-order valence-corrected chi connectivity index (χ2v) is 2.97. The van der Waals surface area contributed by atoms with Gasteiger partial charge in [0, 0.05) is 0 Å². The van der Waals surface area contributed by atoms with Gasteiger partial charge in [-0.05, 0) is 10.5 Å². The number of hydrogen-bond donors (Lipinski definition) is 1. The minimum absolute atomic E-state index is 0.367. The lowest BCUT2D eigenvalue weighted by Crippen LogP contribution is -2.16. The first-order chi connectivity index (χ1) is 7.34. The summed E-state index contributed by atoms with van der Waals surface area (Å²) >= 11 is 0. The van der Waals surface area contributed by atoms with Crippen LogP contribution in [-0.4, -0.2) is 9.97 Å². The van der Waals surface area contributed by atoms with Crippen molar-refractivity contribution in [2.75, 3.05) is 5.32 Å². The largest absolute Gasteiger partial charge is 0.425 e. The van der Waals surface area contributed by atoms with E-state index in [0.29, 0.717) is 12.5 Å². The van der Waals surface area contributed by atoms with Crippen LogP contribution in [-0.2, 0) is 6.54 Å². The van der Waals surface area contributed by atoms with Gasteiger partial charge < -0.3 is 0 Å². The highest BCUT2D eigenvalue weighted by molar-refractivity contribution is 5.22. The number of nitrogens with one attached hydrogen (secondary N) is 2. The minimum Gasteiger partial charge on any atom is -0.290 e. The Morgan fingerprint density at radius 3 is 2.80 bits per heavy atom. The van der Waals surface area contributed by atoms with Gasteiger partial charge in [0.05, 0.1) is 6.54 Å². The van der Waals surface area contributed by atoms with Gasteiger partial charge in [0.2, 0.25) is 0 Å². The third kappa shape index (κ3) is 2.70. The van der Waals surface area contributed by atoms with Crippen molar-refractivity contribution in [3.05, 3.63) is 48.3 Å². The molecule has 0 aliphatic rings. The average Bonchev–Trinajstić information content (AvgIpc) is 2.28. The van der Waals surface area contributed by atoms with Crippen LogP contribution in [0.3, 0.4) is 0 Å². The first-order valence-corrected chi connectivity index (χ1v) is 4.52. The van der Waals surface area contributed by atoms with E-state index in [9.17, 15) is 4.39 Å². The van der Waals surface area contributed by atoms with Crippen LogP contribution in [0.2, 0.25) is 0 Å². The Hall–Kier alpha value is -2.04. The molecule has 76 valence electrons. The topological polar surface area (TPSA) is 52.0 Å². The standard InChI is InChI=1S/C10H9FN4/c11-9-13-7-14-10(15-9)12-6-8-4-2-1-3-5-8/h1-5,7H,6H2,(H,12,13,14,15)/p+1. The molecule has 1 heterocycles.